The van der Waals surface area contributed by atoms with Gasteiger partial charge in [-0.1, -0.05) is 24.0 Å². The van der Waals surface area contributed by atoms with E-state index in [4.69, 9.17) is 9.72 Å². The standard InChI is InChI=1S/C24H24N4O2/c1-27(2)23-14-18(12-13-25-23)5-4-17-6-8-19(9-7-17)21-16-28-15-20(24(29)30-3)10-11-22(28)26-21/h6-9,12-14,16,20H,10-11,15H2,1-3H3. The molecule has 0 amide bonds. The topological polar surface area (TPSA) is 60.2 Å². The fourth-order valence-electron chi connectivity index (χ4n) is 3.55. The monoisotopic (exact) mass is 400 g/mol. The number of rotatable bonds is 3. The maximum absolute atomic E-state index is 11.8. The van der Waals surface area contributed by atoms with Gasteiger partial charge in [0.1, 0.15) is 11.6 Å². The van der Waals surface area contributed by atoms with E-state index in [-0.39, 0.29) is 11.9 Å². The van der Waals surface area contributed by atoms with E-state index in [1.165, 1.54) is 7.11 Å². The van der Waals surface area contributed by atoms with E-state index >= 15 is 0 Å². The van der Waals surface area contributed by atoms with Crippen molar-refractivity contribution in [2.75, 3.05) is 26.1 Å². The Morgan fingerprint density at radius 1 is 1.17 bits per heavy atom. The number of hydrogen-bond acceptors (Lipinski definition) is 5. The van der Waals surface area contributed by atoms with Crippen molar-refractivity contribution in [3.8, 4) is 23.1 Å². The van der Waals surface area contributed by atoms with Crippen molar-refractivity contribution in [1.29, 1.82) is 0 Å². The summed E-state index contributed by atoms with van der Waals surface area (Å²) < 4.78 is 6.96. The number of anilines is 1. The molecule has 0 radical (unpaired) electrons. The number of carbonyl (C=O) groups is 1. The van der Waals surface area contributed by atoms with Crippen LogP contribution in [-0.4, -0.2) is 41.7 Å². The molecule has 0 saturated heterocycles. The molecule has 2 aromatic heterocycles. The van der Waals surface area contributed by atoms with Gasteiger partial charge in [-0.2, -0.15) is 0 Å². The summed E-state index contributed by atoms with van der Waals surface area (Å²) in [6.07, 6.45) is 5.35. The minimum absolute atomic E-state index is 0.0941. The van der Waals surface area contributed by atoms with Crippen LogP contribution in [0.5, 0.6) is 0 Å². The molecular weight excluding hydrogens is 376 g/mol. The highest BCUT2D eigenvalue weighted by molar-refractivity contribution is 5.72. The number of pyridine rings is 1. The van der Waals surface area contributed by atoms with Crippen molar-refractivity contribution < 1.29 is 9.53 Å². The van der Waals surface area contributed by atoms with Gasteiger partial charge in [-0.15, -0.1) is 0 Å². The summed E-state index contributed by atoms with van der Waals surface area (Å²) >= 11 is 0. The van der Waals surface area contributed by atoms with Crippen LogP contribution >= 0.6 is 0 Å². The lowest BCUT2D eigenvalue weighted by molar-refractivity contribution is -0.146. The van der Waals surface area contributed by atoms with Gasteiger partial charge in [-0.25, -0.2) is 9.97 Å². The summed E-state index contributed by atoms with van der Waals surface area (Å²) in [4.78, 5) is 22.9. The SMILES string of the molecule is COC(=O)C1CCc2nc(-c3ccc(C#Cc4ccnc(N(C)C)c4)cc3)cn2C1. The zero-order valence-corrected chi connectivity index (χ0v) is 17.4. The number of benzene rings is 1. The van der Waals surface area contributed by atoms with Gasteiger partial charge >= 0.3 is 5.97 Å². The van der Waals surface area contributed by atoms with E-state index in [9.17, 15) is 4.79 Å². The molecular formula is C24H24N4O2. The van der Waals surface area contributed by atoms with Crippen LogP contribution in [0.1, 0.15) is 23.4 Å². The van der Waals surface area contributed by atoms with Crippen molar-refractivity contribution in [2.24, 2.45) is 5.92 Å². The normalized spacial score (nSPS) is 15.0. The summed E-state index contributed by atoms with van der Waals surface area (Å²) in [5.41, 5.74) is 3.83. The van der Waals surface area contributed by atoms with E-state index in [0.29, 0.717) is 6.54 Å². The van der Waals surface area contributed by atoms with E-state index in [1.807, 2.05) is 61.6 Å². The number of aryl methyl sites for hydroxylation is 1. The lowest BCUT2D eigenvalue weighted by Gasteiger charge is -2.21. The molecule has 4 rings (SSSR count). The van der Waals surface area contributed by atoms with E-state index in [1.54, 1.807) is 6.20 Å². The minimum atomic E-state index is -0.147. The highest BCUT2D eigenvalue weighted by Crippen LogP contribution is 2.25. The van der Waals surface area contributed by atoms with Gasteiger partial charge in [0, 0.05) is 56.1 Å². The van der Waals surface area contributed by atoms with Crippen molar-refractivity contribution in [3.05, 3.63) is 65.7 Å². The van der Waals surface area contributed by atoms with Gasteiger partial charge in [0.25, 0.3) is 0 Å². The molecule has 0 spiro atoms. The molecule has 0 bridgehead atoms. The van der Waals surface area contributed by atoms with Gasteiger partial charge in [0.05, 0.1) is 18.7 Å². The van der Waals surface area contributed by atoms with Gasteiger partial charge in [-0.3, -0.25) is 4.79 Å². The number of aromatic nitrogens is 3. The fraction of sp³-hybridized carbons (Fsp3) is 0.292. The maximum Gasteiger partial charge on any atom is 0.310 e. The molecule has 152 valence electrons. The fourth-order valence-corrected chi connectivity index (χ4v) is 3.55. The molecule has 3 heterocycles. The zero-order chi connectivity index (χ0) is 21.1. The molecule has 0 N–H and O–H groups in total. The maximum atomic E-state index is 11.8. The smallest absolute Gasteiger partial charge is 0.310 e. The highest BCUT2D eigenvalue weighted by Gasteiger charge is 2.26. The lowest BCUT2D eigenvalue weighted by Crippen LogP contribution is -2.27. The van der Waals surface area contributed by atoms with Crippen LogP contribution < -0.4 is 4.90 Å². The van der Waals surface area contributed by atoms with Gasteiger partial charge in [0.2, 0.25) is 0 Å². The molecule has 1 aliphatic rings. The molecule has 0 saturated carbocycles. The summed E-state index contributed by atoms with van der Waals surface area (Å²) in [7, 11) is 5.36. The lowest BCUT2D eigenvalue weighted by atomic mass is 10.00. The largest absolute Gasteiger partial charge is 0.469 e. The Morgan fingerprint density at radius 3 is 2.67 bits per heavy atom. The molecule has 0 fully saturated rings. The quantitative estimate of drug-likeness (QED) is 0.499. The molecule has 3 aromatic rings. The van der Waals surface area contributed by atoms with Crippen LogP contribution in [-0.2, 0) is 22.5 Å². The summed E-state index contributed by atoms with van der Waals surface area (Å²) in [5, 5.41) is 0. The average Bonchev–Trinajstić information content (AvgIpc) is 3.21. The van der Waals surface area contributed by atoms with Crippen LogP contribution in [0.4, 0.5) is 5.82 Å². The Morgan fingerprint density at radius 2 is 1.93 bits per heavy atom. The molecule has 1 aromatic carbocycles. The Kier molecular flexibility index (Phi) is 5.53. The number of hydrogen-bond donors (Lipinski definition) is 0. The molecule has 6 heteroatoms. The second-order valence-corrected chi connectivity index (χ2v) is 7.58. The van der Waals surface area contributed by atoms with Crippen LogP contribution in [0.25, 0.3) is 11.3 Å². The first-order valence-corrected chi connectivity index (χ1v) is 9.93. The van der Waals surface area contributed by atoms with Crippen LogP contribution in [0, 0.1) is 17.8 Å². The molecule has 1 aliphatic heterocycles. The molecule has 1 atom stereocenters. The number of esters is 1. The van der Waals surface area contributed by atoms with E-state index in [0.717, 1.165) is 46.9 Å². The Hall–Kier alpha value is -3.59. The van der Waals surface area contributed by atoms with Crippen LogP contribution in [0.2, 0.25) is 0 Å². The summed E-state index contributed by atoms with van der Waals surface area (Å²) in [6.45, 7) is 0.624. The van der Waals surface area contributed by atoms with Gasteiger partial charge in [-0.05, 0) is 30.7 Å². The highest BCUT2D eigenvalue weighted by atomic mass is 16.5. The second kappa shape index (κ2) is 8.42. The Bertz CT molecular complexity index is 1120. The number of carbonyl (C=O) groups excluding carboxylic acids is 1. The predicted molar refractivity (Wildman–Crippen MR) is 116 cm³/mol. The third-order valence-corrected chi connectivity index (χ3v) is 5.26. The molecule has 0 aliphatic carbocycles. The van der Waals surface area contributed by atoms with E-state index in [2.05, 4.69) is 21.4 Å². The van der Waals surface area contributed by atoms with E-state index < -0.39 is 0 Å². The third kappa shape index (κ3) is 4.20. The van der Waals surface area contributed by atoms with Crippen molar-refractivity contribution in [2.45, 2.75) is 19.4 Å². The number of nitrogens with zero attached hydrogens (tertiary/aromatic N) is 4. The first-order chi connectivity index (χ1) is 14.5. The first-order valence-electron chi connectivity index (χ1n) is 9.93. The third-order valence-electron chi connectivity index (χ3n) is 5.26. The average molecular weight is 400 g/mol. The number of fused-ring (bicyclic) bond motifs is 1. The molecule has 1 unspecified atom stereocenters. The minimum Gasteiger partial charge on any atom is -0.469 e. The van der Waals surface area contributed by atoms with Crippen LogP contribution in [0.3, 0.4) is 0 Å². The summed E-state index contributed by atoms with van der Waals surface area (Å²) in [6, 6.07) is 12.0. The zero-order valence-electron chi connectivity index (χ0n) is 17.4. The molecule has 30 heavy (non-hydrogen) atoms. The Labute approximate surface area is 176 Å². The van der Waals surface area contributed by atoms with Gasteiger partial charge < -0.3 is 14.2 Å². The van der Waals surface area contributed by atoms with Gasteiger partial charge in [0.15, 0.2) is 0 Å². The Balaban J connectivity index is 1.50. The predicted octanol–water partition coefficient (Wildman–Crippen LogP) is 3.15. The number of methoxy groups -OCH3 is 1. The number of imidazole rings is 1. The van der Waals surface area contributed by atoms with Crippen molar-refractivity contribution >= 4 is 11.8 Å². The molecule has 6 nitrogen and oxygen atoms in total. The number of ether oxygens (including phenoxy) is 1. The van der Waals surface area contributed by atoms with Crippen LogP contribution in [0.15, 0.2) is 48.8 Å². The second-order valence-electron chi connectivity index (χ2n) is 7.58. The van der Waals surface area contributed by atoms with Crippen molar-refractivity contribution in [1.82, 2.24) is 14.5 Å². The van der Waals surface area contributed by atoms with Crippen molar-refractivity contribution in [3.63, 3.8) is 0 Å². The first kappa shape index (κ1) is 19.7. The summed E-state index contributed by atoms with van der Waals surface area (Å²) in [5.74, 6) is 8.06.